The van der Waals surface area contributed by atoms with Crippen LogP contribution in [0.2, 0.25) is 0 Å². The summed E-state index contributed by atoms with van der Waals surface area (Å²) in [5, 5.41) is 2.90. The third kappa shape index (κ3) is 3.34. The lowest BCUT2D eigenvalue weighted by Crippen LogP contribution is -2.53. The van der Waals surface area contributed by atoms with Gasteiger partial charge >= 0.3 is 0 Å². The van der Waals surface area contributed by atoms with Crippen molar-refractivity contribution in [2.24, 2.45) is 5.92 Å². The van der Waals surface area contributed by atoms with Gasteiger partial charge in [-0.1, -0.05) is 0 Å². The Morgan fingerprint density at radius 1 is 1.40 bits per heavy atom. The Hall–Kier alpha value is -2.48. The van der Waals surface area contributed by atoms with Gasteiger partial charge < -0.3 is 19.4 Å². The van der Waals surface area contributed by atoms with Crippen LogP contribution >= 0.6 is 0 Å². The highest BCUT2D eigenvalue weighted by atomic mass is 19.1. The van der Waals surface area contributed by atoms with Crippen molar-refractivity contribution in [3.05, 3.63) is 42.4 Å². The molecule has 0 spiro atoms. The fraction of sp³-hybridized carbons (Fsp3) is 0.471. The SMILES string of the molecule is O=C(NCc1ccco1)[C@@H]1C[C@@H]2OCC[C@@H]2N(c2ncc(F)cn2)C1. The molecule has 0 aliphatic carbocycles. The van der Waals surface area contributed by atoms with Gasteiger partial charge in [-0.25, -0.2) is 14.4 Å². The lowest BCUT2D eigenvalue weighted by Gasteiger charge is -2.40. The molecule has 3 atom stereocenters. The van der Waals surface area contributed by atoms with Crippen molar-refractivity contribution in [1.29, 1.82) is 0 Å². The maximum absolute atomic E-state index is 13.1. The number of nitrogens with one attached hydrogen (secondary N) is 1. The predicted octanol–water partition coefficient (Wildman–Crippen LogP) is 1.51. The summed E-state index contributed by atoms with van der Waals surface area (Å²) in [6.07, 6.45) is 5.34. The van der Waals surface area contributed by atoms with Crippen LogP contribution < -0.4 is 10.2 Å². The van der Waals surface area contributed by atoms with Gasteiger partial charge in [-0.3, -0.25) is 4.79 Å². The Kier molecular flexibility index (Phi) is 4.35. The Morgan fingerprint density at radius 2 is 2.24 bits per heavy atom. The van der Waals surface area contributed by atoms with E-state index < -0.39 is 5.82 Å². The van der Waals surface area contributed by atoms with Gasteiger partial charge in [0, 0.05) is 13.2 Å². The first-order chi connectivity index (χ1) is 12.2. The van der Waals surface area contributed by atoms with Gasteiger partial charge in [-0.15, -0.1) is 0 Å². The van der Waals surface area contributed by atoms with Crippen LogP contribution in [-0.4, -0.2) is 41.2 Å². The Balaban J connectivity index is 1.47. The standard InChI is InChI=1S/C17H19FN4O3/c18-12-7-20-17(21-8-12)22-10-11(6-15-14(22)3-5-25-15)16(23)19-9-13-2-1-4-24-13/h1-2,4,7-8,11,14-15H,3,5-6,9-10H2,(H,19,23)/t11-,14+,15+/m1/s1. The van der Waals surface area contributed by atoms with E-state index in [0.29, 0.717) is 37.8 Å². The van der Waals surface area contributed by atoms with Crippen LogP contribution in [0.5, 0.6) is 0 Å². The van der Waals surface area contributed by atoms with Crippen LogP contribution in [0.25, 0.3) is 0 Å². The smallest absolute Gasteiger partial charge is 0.225 e. The minimum atomic E-state index is -0.479. The Labute approximate surface area is 144 Å². The van der Waals surface area contributed by atoms with E-state index in [0.717, 1.165) is 18.8 Å². The van der Waals surface area contributed by atoms with Crippen LogP contribution in [0.15, 0.2) is 35.2 Å². The molecule has 0 bridgehead atoms. The molecule has 25 heavy (non-hydrogen) atoms. The normalized spacial score (nSPS) is 25.6. The number of hydrogen-bond acceptors (Lipinski definition) is 6. The van der Waals surface area contributed by atoms with Gasteiger partial charge in [0.25, 0.3) is 0 Å². The maximum atomic E-state index is 13.1. The van der Waals surface area contributed by atoms with E-state index in [9.17, 15) is 9.18 Å². The Bertz CT molecular complexity index is 722. The number of furan rings is 1. The largest absolute Gasteiger partial charge is 0.467 e. The first-order valence-corrected chi connectivity index (χ1v) is 8.36. The second-order valence-corrected chi connectivity index (χ2v) is 6.35. The Morgan fingerprint density at radius 3 is 3.00 bits per heavy atom. The molecule has 1 amide bonds. The number of nitrogens with zero attached hydrogens (tertiary/aromatic N) is 3. The van der Waals surface area contributed by atoms with Crippen LogP contribution in [0.1, 0.15) is 18.6 Å². The first kappa shape index (κ1) is 16.0. The fourth-order valence-corrected chi connectivity index (χ4v) is 3.55. The number of aromatic nitrogens is 2. The summed E-state index contributed by atoms with van der Waals surface area (Å²) < 4.78 is 24.2. The van der Waals surface area contributed by atoms with Crippen molar-refractivity contribution >= 4 is 11.9 Å². The van der Waals surface area contributed by atoms with Crippen LogP contribution in [0.3, 0.4) is 0 Å². The second kappa shape index (κ2) is 6.79. The summed E-state index contributed by atoms with van der Waals surface area (Å²) >= 11 is 0. The van der Waals surface area contributed by atoms with Gasteiger partial charge in [-0.2, -0.15) is 0 Å². The molecule has 2 aromatic heterocycles. The minimum Gasteiger partial charge on any atom is -0.467 e. The second-order valence-electron chi connectivity index (χ2n) is 6.35. The van der Waals surface area contributed by atoms with Crippen LogP contribution in [-0.2, 0) is 16.1 Å². The van der Waals surface area contributed by atoms with Crippen molar-refractivity contribution in [3.63, 3.8) is 0 Å². The van der Waals surface area contributed by atoms with E-state index in [4.69, 9.17) is 9.15 Å². The summed E-state index contributed by atoms with van der Waals surface area (Å²) in [7, 11) is 0. The molecule has 2 aliphatic heterocycles. The highest BCUT2D eigenvalue weighted by molar-refractivity contribution is 5.79. The van der Waals surface area contributed by atoms with E-state index in [2.05, 4.69) is 15.3 Å². The van der Waals surface area contributed by atoms with Gasteiger partial charge in [0.05, 0.1) is 43.3 Å². The molecule has 7 nitrogen and oxygen atoms in total. The van der Waals surface area contributed by atoms with Gasteiger partial charge in [0.2, 0.25) is 11.9 Å². The molecule has 0 saturated carbocycles. The lowest BCUT2D eigenvalue weighted by molar-refractivity contribution is -0.126. The number of fused-ring (bicyclic) bond motifs is 1. The lowest BCUT2D eigenvalue weighted by atomic mass is 9.89. The summed E-state index contributed by atoms with van der Waals surface area (Å²) in [4.78, 5) is 22.7. The highest BCUT2D eigenvalue weighted by Crippen LogP contribution is 2.33. The molecule has 0 aromatic carbocycles. The molecular weight excluding hydrogens is 327 g/mol. The van der Waals surface area contributed by atoms with E-state index in [-0.39, 0.29) is 24.0 Å². The number of hydrogen-bond donors (Lipinski definition) is 1. The molecule has 0 unspecified atom stereocenters. The summed E-state index contributed by atoms with van der Waals surface area (Å²) in [5.41, 5.74) is 0. The third-order valence-electron chi connectivity index (χ3n) is 4.76. The maximum Gasteiger partial charge on any atom is 0.225 e. The topological polar surface area (TPSA) is 80.5 Å². The van der Waals surface area contributed by atoms with Crippen molar-refractivity contribution in [3.8, 4) is 0 Å². The molecule has 4 heterocycles. The molecule has 0 radical (unpaired) electrons. The molecule has 2 aliphatic rings. The van der Waals surface area contributed by atoms with Crippen molar-refractivity contribution in [2.45, 2.75) is 31.5 Å². The molecular formula is C17H19FN4O3. The van der Waals surface area contributed by atoms with Crippen molar-refractivity contribution in [1.82, 2.24) is 15.3 Å². The molecule has 2 saturated heterocycles. The van der Waals surface area contributed by atoms with Gasteiger partial charge in [-0.05, 0) is 25.0 Å². The molecule has 8 heteroatoms. The number of amides is 1. The summed E-state index contributed by atoms with van der Waals surface area (Å²) in [6.45, 7) is 1.48. The van der Waals surface area contributed by atoms with E-state index in [1.165, 1.54) is 0 Å². The fourth-order valence-electron chi connectivity index (χ4n) is 3.55. The zero-order valence-corrected chi connectivity index (χ0v) is 13.6. The van der Waals surface area contributed by atoms with Crippen molar-refractivity contribution in [2.75, 3.05) is 18.1 Å². The number of ether oxygens (including phenoxy) is 1. The monoisotopic (exact) mass is 346 g/mol. The predicted molar refractivity (Wildman–Crippen MR) is 86.1 cm³/mol. The number of rotatable bonds is 4. The van der Waals surface area contributed by atoms with E-state index in [1.54, 1.807) is 12.3 Å². The molecule has 2 fully saturated rings. The van der Waals surface area contributed by atoms with Crippen LogP contribution in [0.4, 0.5) is 10.3 Å². The first-order valence-electron chi connectivity index (χ1n) is 8.36. The quantitative estimate of drug-likeness (QED) is 0.904. The number of carbonyl (C=O) groups excluding carboxylic acids is 1. The highest BCUT2D eigenvalue weighted by Gasteiger charge is 2.43. The van der Waals surface area contributed by atoms with Gasteiger partial charge in [0.1, 0.15) is 5.76 Å². The average molecular weight is 346 g/mol. The zero-order valence-electron chi connectivity index (χ0n) is 13.6. The number of piperidine rings is 1. The minimum absolute atomic E-state index is 0.0400. The number of carbonyl (C=O) groups is 1. The molecule has 1 N–H and O–H groups in total. The molecule has 2 aromatic rings. The van der Waals surface area contributed by atoms with Gasteiger partial charge in [0.15, 0.2) is 5.82 Å². The van der Waals surface area contributed by atoms with E-state index >= 15 is 0 Å². The molecule has 4 rings (SSSR count). The summed E-state index contributed by atoms with van der Waals surface area (Å²) in [6, 6.07) is 3.72. The summed E-state index contributed by atoms with van der Waals surface area (Å²) in [5.74, 6) is 0.358. The number of anilines is 1. The zero-order chi connectivity index (χ0) is 17.2. The molecule has 132 valence electrons. The van der Waals surface area contributed by atoms with Crippen molar-refractivity contribution < 1.29 is 18.3 Å². The van der Waals surface area contributed by atoms with E-state index in [1.807, 2.05) is 11.0 Å². The van der Waals surface area contributed by atoms with Crippen LogP contribution in [0, 0.1) is 11.7 Å². The average Bonchev–Trinajstić information content (AvgIpc) is 3.31. The third-order valence-corrected chi connectivity index (χ3v) is 4.76. The number of halogens is 1.